The molecule has 1 N–H and O–H groups in total. The van der Waals surface area contributed by atoms with Gasteiger partial charge in [-0.1, -0.05) is 43.3 Å². The molecule has 0 spiro atoms. The number of carbonyl (C=O) groups is 1. The second-order valence-corrected chi connectivity index (χ2v) is 5.62. The van der Waals surface area contributed by atoms with Crippen LogP contribution in [0.15, 0.2) is 54.9 Å². The highest BCUT2D eigenvalue weighted by molar-refractivity contribution is 5.96. The summed E-state index contributed by atoms with van der Waals surface area (Å²) in [5.41, 5.74) is 3.61. The van der Waals surface area contributed by atoms with Crippen LogP contribution in [0.2, 0.25) is 0 Å². The second kappa shape index (κ2) is 7.04. The van der Waals surface area contributed by atoms with Crippen molar-refractivity contribution in [2.75, 3.05) is 5.32 Å². The highest BCUT2D eigenvalue weighted by Crippen LogP contribution is 2.23. The molecule has 1 amide bonds. The van der Waals surface area contributed by atoms with Gasteiger partial charge in [0.2, 0.25) is 5.91 Å². The van der Waals surface area contributed by atoms with Crippen LogP contribution in [-0.2, 0) is 4.79 Å². The number of amides is 1. The average Bonchev–Trinajstić information content (AvgIpc) is 3.12. The summed E-state index contributed by atoms with van der Waals surface area (Å²) in [6.07, 6.45) is 2.27. The molecule has 2 aromatic carbocycles. The Balaban J connectivity index is 1.83. The molecule has 0 saturated heterocycles. The van der Waals surface area contributed by atoms with Crippen molar-refractivity contribution in [1.82, 2.24) is 20.2 Å². The number of nitrogens with zero attached hydrogens (tertiary/aromatic N) is 4. The van der Waals surface area contributed by atoms with Gasteiger partial charge in [0.1, 0.15) is 6.33 Å². The number of carbonyl (C=O) groups excluding carboxylic acids is 1. The van der Waals surface area contributed by atoms with E-state index in [4.69, 9.17) is 0 Å². The maximum atomic E-state index is 12.7. The first-order valence-electron chi connectivity index (χ1n) is 7.89. The van der Waals surface area contributed by atoms with E-state index in [0.29, 0.717) is 0 Å². The molecule has 3 rings (SSSR count). The molecule has 1 aromatic heterocycles. The van der Waals surface area contributed by atoms with E-state index in [-0.39, 0.29) is 11.8 Å². The van der Waals surface area contributed by atoms with E-state index < -0.39 is 0 Å². The summed E-state index contributed by atoms with van der Waals surface area (Å²) in [5, 5.41) is 14.2. The fraction of sp³-hybridized carbons (Fsp3) is 0.222. The summed E-state index contributed by atoms with van der Waals surface area (Å²) >= 11 is 0. The topological polar surface area (TPSA) is 72.7 Å². The number of benzene rings is 2. The van der Waals surface area contributed by atoms with Crippen LogP contribution in [-0.4, -0.2) is 26.1 Å². The van der Waals surface area contributed by atoms with Crippen LogP contribution >= 0.6 is 0 Å². The van der Waals surface area contributed by atoms with Gasteiger partial charge in [-0.2, -0.15) is 0 Å². The molecule has 0 bridgehead atoms. The second-order valence-electron chi connectivity index (χ2n) is 5.62. The fourth-order valence-electron chi connectivity index (χ4n) is 2.69. The molecule has 1 atom stereocenters. The molecule has 3 aromatic rings. The monoisotopic (exact) mass is 321 g/mol. The van der Waals surface area contributed by atoms with Gasteiger partial charge in [0.25, 0.3) is 0 Å². The Morgan fingerprint density at radius 1 is 1.21 bits per heavy atom. The molecule has 0 radical (unpaired) electrons. The molecule has 6 heteroatoms. The molecular formula is C18H19N5O. The van der Waals surface area contributed by atoms with E-state index in [1.807, 2.05) is 62.4 Å². The Hall–Kier alpha value is -3.02. The Kier molecular flexibility index (Phi) is 4.65. The van der Waals surface area contributed by atoms with Gasteiger partial charge in [0, 0.05) is 5.69 Å². The minimum Gasteiger partial charge on any atom is -0.325 e. The lowest BCUT2D eigenvalue weighted by Gasteiger charge is -2.16. The first-order valence-corrected chi connectivity index (χ1v) is 7.89. The van der Waals surface area contributed by atoms with Gasteiger partial charge in [0.15, 0.2) is 0 Å². The van der Waals surface area contributed by atoms with E-state index >= 15 is 0 Å². The Morgan fingerprint density at radius 2 is 2.00 bits per heavy atom. The lowest BCUT2D eigenvalue weighted by molar-refractivity contribution is -0.117. The minimum absolute atomic E-state index is 0.0183. The van der Waals surface area contributed by atoms with Crippen LogP contribution in [0.4, 0.5) is 5.69 Å². The van der Waals surface area contributed by atoms with E-state index in [1.54, 1.807) is 4.68 Å². The minimum atomic E-state index is -0.177. The van der Waals surface area contributed by atoms with Crippen molar-refractivity contribution in [3.8, 4) is 5.69 Å². The molecule has 24 heavy (non-hydrogen) atoms. The van der Waals surface area contributed by atoms with E-state index in [9.17, 15) is 4.79 Å². The number of rotatable bonds is 5. The van der Waals surface area contributed by atoms with Crippen molar-refractivity contribution in [3.05, 3.63) is 66.0 Å². The molecule has 122 valence electrons. The summed E-state index contributed by atoms with van der Waals surface area (Å²) in [7, 11) is 0. The Morgan fingerprint density at radius 3 is 2.67 bits per heavy atom. The van der Waals surface area contributed by atoms with Crippen LogP contribution in [0.1, 0.15) is 30.4 Å². The zero-order chi connectivity index (χ0) is 16.9. The van der Waals surface area contributed by atoms with Crippen LogP contribution < -0.4 is 5.32 Å². The van der Waals surface area contributed by atoms with Crippen LogP contribution in [0.3, 0.4) is 0 Å². The molecule has 1 unspecified atom stereocenters. The van der Waals surface area contributed by atoms with Crippen molar-refractivity contribution in [2.45, 2.75) is 26.2 Å². The summed E-state index contributed by atoms with van der Waals surface area (Å²) < 4.78 is 1.58. The number of anilines is 1. The number of nitrogens with one attached hydrogen (secondary N) is 1. The molecule has 6 nitrogen and oxygen atoms in total. The summed E-state index contributed by atoms with van der Waals surface area (Å²) in [6, 6.07) is 15.5. The highest BCUT2D eigenvalue weighted by atomic mass is 16.1. The first kappa shape index (κ1) is 15.9. The van der Waals surface area contributed by atoms with Gasteiger partial charge in [-0.3, -0.25) is 4.79 Å². The van der Waals surface area contributed by atoms with Gasteiger partial charge in [-0.05, 0) is 47.0 Å². The fourth-order valence-corrected chi connectivity index (χ4v) is 2.69. The van der Waals surface area contributed by atoms with Crippen molar-refractivity contribution in [2.24, 2.45) is 0 Å². The number of aromatic nitrogens is 4. The van der Waals surface area contributed by atoms with E-state index in [2.05, 4.69) is 20.8 Å². The van der Waals surface area contributed by atoms with Gasteiger partial charge in [-0.25, -0.2) is 4.68 Å². The van der Waals surface area contributed by atoms with Crippen molar-refractivity contribution in [3.63, 3.8) is 0 Å². The molecule has 1 heterocycles. The normalized spacial score (nSPS) is 11.9. The smallest absolute Gasteiger partial charge is 0.231 e. The predicted molar refractivity (Wildman–Crippen MR) is 92.0 cm³/mol. The average molecular weight is 321 g/mol. The zero-order valence-electron chi connectivity index (χ0n) is 13.7. The van der Waals surface area contributed by atoms with Crippen LogP contribution in [0.5, 0.6) is 0 Å². The predicted octanol–water partition coefficient (Wildman–Crippen LogP) is 3.10. The number of hydrogen-bond donors (Lipinski definition) is 1. The Bertz CT molecular complexity index is 815. The van der Waals surface area contributed by atoms with Crippen LogP contribution in [0, 0.1) is 6.92 Å². The third kappa shape index (κ3) is 3.32. The first-order chi connectivity index (χ1) is 11.7. The van der Waals surface area contributed by atoms with Crippen LogP contribution in [0.25, 0.3) is 5.69 Å². The largest absolute Gasteiger partial charge is 0.325 e. The summed E-state index contributed by atoms with van der Waals surface area (Å²) in [6.45, 7) is 3.99. The maximum absolute atomic E-state index is 12.7. The van der Waals surface area contributed by atoms with Crippen molar-refractivity contribution in [1.29, 1.82) is 0 Å². The van der Waals surface area contributed by atoms with Gasteiger partial charge in [0.05, 0.1) is 11.6 Å². The standard InChI is InChI=1S/C18H19N5O/c1-3-16(14-7-5-4-6-8-14)18(24)20-15-10-9-13(2)17(11-15)23-12-19-21-22-23/h4-12,16H,3H2,1-2H3,(H,20,24). The third-order valence-corrected chi connectivity index (χ3v) is 4.00. The van der Waals surface area contributed by atoms with Crippen molar-refractivity contribution >= 4 is 11.6 Å². The molecule has 0 aliphatic carbocycles. The van der Waals surface area contributed by atoms with E-state index in [1.165, 1.54) is 6.33 Å². The van der Waals surface area contributed by atoms with Gasteiger partial charge in [-0.15, -0.1) is 5.10 Å². The molecule has 0 aliphatic rings. The van der Waals surface area contributed by atoms with Gasteiger partial charge < -0.3 is 5.32 Å². The summed E-state index contributed by atoms with van der Waals surface area (Å²) in [5.74, 6) is -0.195. The van der Waals surface area contributed by atoms with Gasteiger partial charge >= 0.3 is 0 Å². The lowest BCUT2D eigenvalue weighted by atomic mass is 9.95. The SMILES string of the molecule is CCC(C(=O)Nc1ccc(C)c(-n2cnnn2)c1)c1ccccc1. The molecule has 0 aliphatic heterocycles. The Labute approximate surface area is 140 Å². The quantitative estimate of drug-likeness (QED) is 0.783. The number of aryl methyl sites for hydroxylation is 1. The van der Waals surface area contributed by atoms with E-state index in [0.717, 1.165) is 28.9 Å². The third-order valence-electron chi connectivity index (χ3n) is 4.00. The number of tetrazole rings is 1. The number of hydrogen-bond acceptors (Lipinski definition) is 4. The highest BCUT2D eigenvalue weighted by Gasteiger charge is 2.18. The summed E-state index contributed by atoms with van der Waals surface area (Å²) in [4.78, 5) is 12.7. The molecule has 0 saturated carbocycles. The maximum Gasteiger partial charge on any atom is 0.231 e. The molecule has 0 fully saturated rings. The van der Waals surface area contributed by atoms with Crippen molar-refractivity contribution < 1.29 is 4.79 Å². The zero-order valence-corrected chi connectivity index (χ0v) is 13.7. The lowest BCUT2D eigenvalue weighted by Crippen LogP contribution is -2.20. The molecular weight excluding hydrogens is 302 g/mol.